The highest BCUT2D eigenvalue weighted by Crippen LogP contribution is 2.23. The summed E-state index contributed by atoms with van der Waals surface area (Å²) in [5, 5.41) is 0. The summed E-state index contributed by atoms with van der Waals surface area (Å²) in [5.74, 6) is -0.274. The van der Waals surface area contributed by atoms with Crippen LogP contribution in [0.5, 0.6) is 0 Å². The maximum absolute atomic E-state index is 12.7. The average Bonchev–Trinajstić information content (AvgIpc) is 2.73. The Morgan fingerprint density at radius 2 is 1.61 bits per heavy atom. The summed E-state index contributed by atoms with van der Waals surface area (Å²) in [4.78, 5) is 26.1. The van der Waals surface area contributed by atoms with Crippen LogP contribution in [0.3, 0.4) is 0 Å². The average molecular weight is 409 g/mol. The molecule has 0 saturated carbocycles. The van der Waals surface area contributed by atoms with Gasteiger partial charge in [0.2, 0.25) is 10.0 Å². The fraction of sp³-hybridized carbons (Fsp3) is 0.600. The minimum Gasteiger partial charge on any atom is -0.452 e. The first-order valence-electron chi connectivity index (χ1n) is 9.93. The highest BCUT2D eigenvalue weighted by atomic mass is 32.2. The van der Waals surface area contributed by atoms with E-state index < -0.39 is 16.0 Å². The number of nitrogens with zero attached hydrogens (tertiary/aromatic N) is 2. The van der Waals surface area contributed by atoms with Crippen LogP contribution in [0.1, 0.15) is 49.4 Å². The fourth-order valence-corrected chi connectivity index (χ4v) is 5.05. The van der Waals surface area contributed by atoms with Crippen molar-refractivity contribution in [2.45, 2.75) is 43.9 Å². The van der Waals surface area contributed by atoms with Gasteiger partial charge in [0.05, 0.1) is 10.5 Å². The van der Waals surface area contributed by atoms with Gasteiger partial charge in [0.15, 0.2) is 6.61 Å². The Morgan fingerprint density at radius 1 is 1.00 bits per heavy atom. The molecule has 0 radical (unpaired) electrons. The van der Waals surface area contributed by atoms with Gasteiger partial charge in [-0.2, -0.15) is 4.31 Å². The van der Waals surface area contributed by atoms with E-state index in [4.69, 9.17) is 4.74 Å². The van der Waals surface area contributed by atoms with Crippen molar-refractivity contribution < 1.29 is 22.7 Å². The Kier molecular flexibility index (Phi) is 6.72. The topological polar surface area (TPSA) is 84.0 Å². The summed E-state index contributed by atoms with van der Waals surface area (Å²) >= 11 is 0. The number of likely N-dealkylation sites (tertiary alicyclic amines) is 1. The van der Waals surface area contributed by atoms with E-state index in [1.165, 1.54) is 28.6 Å². The predicted molar refractivity (Wildman–Crippen MR) is 104 cm³/mol. The fourth-order valence-electron chi connectivity index (χ4n) is 3.58. The molecule has 0 N–H and O–H groups in total. The van der Waals surface area contributed by atoms with Crippen molar-refractivity contribution in [2.75, 3.05) is 32.8 Å². The maximum atomic E-state index is 12.7. The second kappa shape index (κ2) is 9.05. The highest BCUT2D eigenvalue weighted by Gasteiger charge is 2.28. The molecule has 0 atom stereocenters. The molecule has 28 heavy (non-hydrogen) atoms. The van der Waals surface area contributed by atoms with Crippen LogP contribution in [-0.4, -0.2) is 62.3 Å². The molecule has 154 valence electrons. The molecule has 0 aliphatic carbocycles. The summed E-state index contributed by atoms with van der Waals surface area (Å²) in [6, 6.07) is 5.73. The van der Waals surface area contributed by atoms with E-state index in [9.17, 15) is 18.0 Å². The number of hydrogen-bond acceptors (Lipinski definition) is 5. The van der Waals surface area contributed by atoms with Crippen LogP contribution < -0.4 is 0 Å². The van der Waals surface area contributed by atoms with Gasteiger partial charge >= 0.3 is 5.97 Å². The van der Waals surface area contributed by atoms with E-state index in [1.807, 2.05) is 0 Å². The Hall–Kier alpha value is -1.93. The van der Waals surface area contributed by atoms with E-state index >= 15 is 0 Å². The van der Waals surface area contributed by atoms with Gasteiger partial charge in [-0.3, -0.25) is 4.79 Å². The number of piperidine rings is 2. The number of hydrogen-bond donors (Lipinski definition) is 0. The molecule has 7 nitrogen and oxygen atoms in total. The Labute approximate surface area is 166 Å². The molecular weight excluding hydrogens is 380 g/mol. The zero-order valence-electron chi connectivity index (χ0n) is 16.3. The number of ether oxygens (including phenoxy) is 1. The summed E-state index contributed by atoms with van der Waals surface area (Å²) in [6.45, 7) is 4.29. The lowest BCUT2D eigenvalue weighted by Gasteiger charge is -2.29. The first-order valence-corrected chi connectivity index (χ1v) is 11.4. The molecule has 0 spiro atoms. The number of rotatable bonds is 5. The van der Waals surface area contributed by atoms with Crippen molar-refractivity contribution in [3.63, 3.8) is 0 Å². The third-order valence-electron chi connectivity index (χ3n) is 5.51. The van der Waals surface area contributed by atoms with E-state index in [-0.39, 0.29) is 23.0 Å². The van der Waals surface area contributed by atoms with Gasteiger partial charge in [-0.05, 0) is 62.3 Å². The van der Waals surface area contributed by atoms with Crippen LogP contribution in [0.15, 0.2) is 29.2 Å². The number of amides is 1. The number of carbonyl (C=O) groups excluding carboxylic acids is 2. The van der Waals surface area contributed by atoms with Crippen molar-refractivity contribution in [3.8, 4) is 0 Å². The molecule has 1 aromatic carbocycles. The maximum Gasteiger partial charge on any atom is 0.338 e. The largest absolute Gasteiger partial charge is 0.452 e. The quantitative estimate of drug-likeness (QED) is 0.698. The zero-order valence-corrected chi connectivity index (χ0v) is 17.1. The molecule has 1 aromatic rings. The SMILES string of the molecule is CC1CCN(S(=O)(=O)c2ccc(C(=O)OCC(=O)N3CCCCC3)cc2)CC1. The number of sulfonamides is 1. The molecule has 8 heteroatoms. The monoisotopic (exact) mass is 408 g/mol. The molecule has 0 unspecified atom stereocenters. The summed E-state index contributed by atoms with van der Waals surface area (Å²) < 4.78 is 32.1. The minimum absolute atomic E-state index is 0.169. The lowest BCUT2D eigenvalue weighted by atomic mass is 10.0. The van der Waals surface area contributed by atoms with E-state index in [1.54, 1.807) is 4.90 Å². The van der Waals surface area contributed by atoms with Crippen molar-refractivity contribution >= 4 is 21.9 Å². The molecule has 2 aliphatic rings. The molecule has 2 saturated heterocycles. The standard InChI is InChI=1S/C20H28N2O5S/c1-16-9-13-22(14-10-16)28(25,26)18-7-5-17(6-8-18)20(24)27-15-19(23)21-11-3-2-4-12-21/h5-8,16H,2-4,9-15H2,1H3. The Balaban J connectivity index is 1.57. The van der Waals surface area contributed by atoms with Crippen molar-refractivity contribution in [1.82, 2.24) is 9.21 Å². The molecule has 0 bridgehead atoms. The molecular formula is C20H28N2O5S. The molecule has 2 fully saturated rings. The van der Waals surface area contributed by atoms with Gasteiger partial charge in [-0.15, -0.1) is 0 Å². The summed E-state index contributed by atoms with van der Waals surface area (Å²) in [7, 11) is -3.55. The Bertz CT molecular complexity index is 792. The molecule has 0 aromatic heterocycles. The lowest BCUT2D eigenvalue weighted by Crippen LogP contribution is -2.38. The minimum atomic E-state index is -3.55. The van der Waals surface area contributed by atoms with Crippen LogP contribution in [0, 0.1) is 5.92 Å². The van der Waals surface area contributed by atoms with Crippen molar-refractivity contribution in [2.24, 2.45) is 5.92 Å². The van der Waals surface area contributed by atoms with Crippen LogP contribution >= 0.6 is 0 Å². The van der Waals surface area contributed by atoms with Crippen molar-refractivity contribution in [1.29, 1.82) is 0 Å². The lowest BCUT2D eigenvalue weighted by molar-refractivity contribution is -0.135. The molecule has 3 rings (SSSR count). The van der Waals surface area contributed by atoms with E-state index in [0.29, 0.717) is 32.1 Å². The third kappa shape index (κ3) is 4.91. The van der Waals surface area contributed by atoms with Gasteiger partial charge in [-0.1, -0.05) is 6.92 Å². The highest BCUT2D eigenvalue weighted by molar-refractivity contribution is 7.89. The third-order valence-corrected chi connectivity index (χ3v) is 7.42. The first kappa shape index (κ1) is 20.8. The number of benzene rings is 1. The zero-order chi connectivity index (χ0) is 20.1. The second-order valence-corrected chi connectivity index (χ2v) is 9.57. The van der Waals surface area contributed by atoms with Gasteiger partial charge in [0.1, 0.15) is 0 Å². The van der Waals surface area contributed by atoms with Crippen LogP contribution in [0.2, 0.25) is 0 Å². The van der Waals surface area contributed by atoms with Gasteiger partial charge in [0, 0.05) is 26.2 Å². The summed E-state index contributed by atoms with van der Waals surface area (Å²) in [6.07, 6.45) is 4.79. The van der Waals surface area contributed by atoms with Gasteiger partial charge < -0.3 is 9.64 Å². The van der Waals surface area contributed by atoms with E-state index in [2.05, 4.69) is 6.92 Å². The molecule has 1 amide bonds. The number of carbonyl (C=O) groups is 2. The first-order chi connectivity index (χ1) is 13.4. The van der Waals surface area contributed by atoms with Crippen LogP contribution in [0.4, 0.5) is 0 Å². The van der Waals surface area contributed by atoms with Gasteiger partial charge in [-0.25, -0.2) is 13.2 Å². The smallest absolute Gasteiger partial charge is 0.338 e. The second-order valence-electron chi connectivity index (χ2n) is 7.63. The van der Waals surface area contributed by atoms with Crippen LogP contribution in [0.25, 0.3) is 0 Å². The summed E-state index contributed by atoms with van der Waals surface area (Å²) in [5.41, 5.74) is 0.234. The predicted octanol–water partition coefficient (Wildman–Crippen LogP) is 2.28. The Morgan fingerprint density at radius 3 is 2.21 bits per heavy atom. The normalized spacial score (nSPS) is 19.4. The van der Waals surface area contributed by atoms with Gasteiger partial charge in [0.25, 0.3) is 5.91 Å². The number of esters is 1. The van der Waals surface area contributed by atoms with Crippen LogP contribution in [-0.2, 0) is 19.6 Å². The molecule has 2 aliphatic heterocycles. The van der Waals surface area contributed by atoms with E-state index in [0.717, 1.165) is 32.1 Å². The van der Waals surface area contributed by atoms with Crippen molar-refractivity contribution in [3.05, 3.63) is 29.8 Å². The molecule has 2 heterocycles.